The lowest BCUT2D eigenvalue weighted by Crippen LogP contribution is -2.36. The van der Waals surface area contributed by atoms with Crippen LogP contribution in [0.25, 0.3) is 10.2 Å². The predicted octanol–water partition coefficient (Wildman–Crippen LogP) is 5.02. The molecule has 0 unspecified atom stereocenters. The van der Waals surface area contributed by atoms with Crippen LogP contribution >= 0.6 is 11.3 Å². The summed E-state index contributed by atoms with van der Waals surface area (Å²) in [6, 6.07) is 7.36. The van der Waals surface area contributed by atoms with Crippen LogP contribution in [0.3, 0.4) is 0 Å². The predicted molar refractivity (Wildman–Crippen MR) is 141 cm³/mol. The van der Waals surface area contributed by atoms with E-state index in [1.807, 2.05) is 58.8 Å². The molecular formula is C26H35N3O5S. The van der Waals surface area contributed by atoms with E-state index in [4.69, 9.17) is 23.9 Å². The first-order valence-corrected chi connectivity index (χ1v) is 12.6. The fourth-order valence-electron chi connectivity index (χ4n) is 3.63. The Labute approximate surface area is 211 Å². The van der Waals surface area contributed by atoms with Gasteiger partial charge in [0.2, 0.25) is 5.75 Å². The summed E-state index contributed by atoms with van der Waals surface area (Å²) in [5, 5.41) is 0.615. The number of methoxy groups -OCH3 is 1. The molecular weight excluding hydrogens is 466 g/mol. The quantitative estimate of drug-likeness (QED) is 0.345. The fraction of sp³-hybridized carbons (Fsp3) is 0.462. The van der Waals surface area contributed by atoms with Crippen molar-refractivity contribution in [1.29, 1.82) is 0 Å². The van der Waals surface area contributed by atoms with Crippen LogP contribution in [0.1, 0.15) is 36.7 Å². The summed E-state index contributed by atoms with van der Waals surface area (Å²) >= 11 is 1.48. The van der Waals surface area contributed by atoms with Crippen LogP contribution in [0.4, 0.5) is 5.13 Å². The monoisotopic (exact) mass is 501 g/mol. The highest BCUT2D eigenvalue weighted by Gasteiger charge is 2.26. The molecule has 0 spiro atoms. The zero-order chi connectivity index (χ0) is 25.5. The van der Waals surface area contributed by atoms with Crippen molar-refractivity contribution in [2.24, 2.45) is 0 Å². The smallest absolute Gasteiger partial charge is 0.260 e. The molecule has 190 valence electrons. The third kappa shape index (κ3) is 5.97. The standard InChI is InChI=1S/C26H35N3O5S/c1-8-32-20-15-18(16-21(33-9-2)23(20)34-10-3)25(30)29(14-13-28(5)6)26-27-22-19(31-7)12-11-17(4)24(22)35-26/h11-12,15-16H,8-10,13-14H2,1-7H3. The molecule has 0 fully saturated rings. The van der Waals surface area contributed by atoms with Crippen molar-refractivity contribution in [3.8, 4) is 23.0 Å². The molecule has 3 aromatic rings. The highest BCUT2D eigenvalue weighted by atomic mass is 32.1. The van der Waals surface area contributed by atoms with E-state index in [-0.39, 0.29) is 5.91 Å². The van der Waals surface area contributed by atoms with E-state index in [1.54, 1.807) is 24.1 Å². The van der Waals surface area contributed by atoms with E-state index in [0.717, 1.165) is 15.8 Å². The van der Waals surface area contributed by atoms with Gasteiger partial charge < -0.3 is 23.8 Å². The van der Waals surface area contributed by atoms with Crippen molar-refractivity contribution in [2.75, 3.05) is 59.0 Å². The van der Waals surface area contributed by atoms with Crippen LogP contribution in [0.5, 0.6) is 23.0 Å². The molecule has 9 heteroatoms. The molecule has 0 N–H and O–H groups in total. The Balaban J connectivity index is 2.12. The molecule has 3 rings (SSSR count). The molecule has 8 nitrogen and oxygen atoms in total. The van der Waals surface area contributed by atoms with Crippen LogP contribution in [0, 0.1) is 6.92 Å². The average molecular weight is 502 g/mol. The van der Waals surface area contributed by atoms with Gasteiger partial charge in [0.25, 0.3) is 5.91 Å². The van der Waals surface area contributed by atoms with Gasteiger partial charge in [0.15, 0.2) is 16.6 Å². The summed E-state index contributed by atoms with van der Waals surface area (Å²) in [4.78, 5) is 22.5. The molecule has 1 amide bonds. The van der Waals surface area contributed by atoms with Gasteiger partial charge in [-0.3, -0.25) is 9.69 Å². The van der Waals surface area contributed by atoms with Crippen LogP contribution in [0.15, 0.2) is 24.3 Å². The molecule has 0 aliphatic rings. The maximum absolute atomic E-state index is 13.9. The number of rotatable bonds is 12. The van der Waals surface area contributed by atoms with E-state index < -0.39 is 0 Å². The minimum absolute atomic E-state index is 0.188. The SMILES string of the molecule is CCOc1cc(C(=O)N(CCN(C)C)c2nc3c(OC)ccc(C)c3s2)cc(OCC)c1OCC. The average Bonchev–Trinajstić information content (AvgIpc) is 3.27. The van der Waals surface area contributed by atoms with Gasteiger partial charge >= 0.3 is 0 Å². The number of aromatic nitrogens is 1. The third-order valence-corrected chi connectivity index (χ3v) is 6.53. The van der Waals surface area contributed by atoms with Gasteiger partial charge in [-0.1, -0.05) is 17.4 Å². The number of fused-ring (bicyclic) bond motifs is 1. The van der Waals surface area contributed by atoms with Crippen LogP contribution in [0.2, 0.25) is 0 Å². The fourth-order valence-corrected chi connectivity index (χ4v) is 4.71. The summed E-state index contributed by atoms with van der Waals surface area (Å²) in [6.45, 7) is 10.2. The number of hydrogen-bond donors (Lipinski definition) is 0. The molecule has 1 heterocycles. The molecule has 1 aromatic heterocycles. The zero-order valence-corrected chi connectivity index (χ0v) is 22.5. The Morgan fingerprint density at radius 3 is 2.11 bits per heavy atom. The molecule has 2 aromatic carbocycles. The summed E-state index contributed by atoms with van der Waals surface area (Å²) in [5.41, 5.74) is 2.29. The normalized spacial score (nSPS) is 11.1. The van der Waals surface area contributed by atoms with E-state index >= 15 is 0 Å². The van der Waals surface area contributed by atoms with Crippen molar-refractivity contribution < 1.29 is 23.7 Å². The molecule has 0 atom stereocenters. The van der Waals surface area contributed by atoms with Gasteiger partial charge in [-0.2, -0.15) is 0 Å². The number of hydrogen-bond acceptors (Lipinski definition) is 8. The highest BCUT2D eigenvalue weighted by Crippen LogP contribution is 2.41. The van der Waals surface area contributed by atoms with Crippen molar-refractivity contribution in [3.63, 3.8) is 0 Å². The van der Waals surface area contributed by atoms with E-state index in [9.17, 15) is 4.79 Å². The van der Waals surface area contributed by atoms with Crippen LogP contribution in [-0.2, 0) is 0 Å². The molecule has 0 saturated carbocycles. The highest BCUT2D eigenvalue weighted by molar-refractivity contribution is 7.22. The molecule has 35 heavy (non-hydrogen) atoms. The van der Waals surface area contributed by atoms with Crippen molar-refractivity contribution in [2.45, 2.75) is 27.7 Å². The lowest BCUT2D eigenvalue weighted by Gasteiger charge is -2.23. The van der Waals surface area contributed by atoms with Gasteiger partial charge in [-0.15, -0.1) is 0 Å². The van der Waals surface area contributed by atoms with E-state index in [1.165, 1.54) is 11.3 Å². The Bertz CT molecular complexity index is 1130. The van der Waals surface area contributed by atoms with Gasteiger partial charge in [0.1, 0.15) is 11.3 Å². The number of likely N-dealkylation sites (N-methyl/N-ethyl adjacent to an activating group) is 1. The van der Waals surface area contributed by atoms with E-state index in [0.29, 0.717) is 66.6 Å². The van der Waals surface area contributed by atoms with Crippen molar-refractivity contribution in [3.05, 3.63) is 35.4 Å². The summed E-state index contributed by atoms with van der Waals surface area (Å²) in [7, 11) is 5.58. The first kappa shape index (κ1) is 26.6. The minimum Gasteiger partial charge on any atom is -0.494 e. The lowest BCUT2D eigenvalue weighted by molar-refractivity contribution is 0.0984. The van der Waals surface area contributed by atoms with Gasteiger partial charge in [0, 0.05) is 18.7 Å². The number of thiazole rings is 1. The van der Waals surface area contributed by atoms with E-state index in [2.05, 4.69) is 0 Å². The van der Waals surface area contributed by atoms with Gasteiger partial charge in [0.05, 0.1) is 31.6 Å². The van der Waals surface area contributed by atoms with Crippen LogP contribution < -0.4 is 23.8 Å². The number of ether oxygens (including phenoxy) is 4. The molecule has 0 aliphatic carbocycles. The van der Waals surface area contributed by atoms with Crippen molar-refractivity contribution in [1.82, 2.24) is 9.88 Å². The summed E-state index contributed by atoms with van der Waals surface area (Å²) < 4.78 is 24.0. The Morgan fingerprint density at radius 1 is 0.943 bits per heavy atom. The first-order valence-electron chi connectivity index (χ1n) is 11.8. The topological polar surface area (TPSA) is 73.4 Å². The number of benzene rings is 2. The second-order valence-corrected chi connectivity index (χ2v) is 9.10. The largest absolute Gasteiger partial charge is 0.494 e. The number of anilines is 1. The maximum atomic E-state index is 13.9. The minimum atomic E-state index is -0.188. The second-order valence-electron chi connectivity index (χ2n) is 8.12. The van der Waals surface area contributed by atoms with Gasteiger partial charge in [-0.05, 0) is 65.6 Å². The third-order valence-electron chi connectivity index (χ3n) is 5.32. The Morgan fingerprint density at radius 2 is 1.57 bits per heavy atom. The van der Waals surface area contributed by atoms with Crippen molar-refractivity contribution >= 4 is 32.6 Å². The Hall–Kier alpha value is -3.04. The number of amides is 1. The number of carbonyl (C=O) groups is 1. The Kier molecular flexibility index (Phi) is 9.17. The van der Waals surface area contributed by atoms with Crippen LogP contribution in [-0.4, -0.2) is 69.9 Å². The lowest BCUT2D eigenvalue weighted by atomic mass is 10.1. The zero-order valence-electron chi connectivity index (χ0n) is 21.6. The summed E-state index contributed by atoms with van der Waals surface area (Å²) in [5.74, 6) is 1.97. The summed E-state index contributed by atoms with van der Waals surface area (Å²) in [6.07, 6.45) is 0. The first-order chi connectivity index (χ1) is 16.8. The molecule has 0 radical (unpaired) electrons. The molecule has 0 bridgehead atoms. The molecule has 0 saturated heterocycles. The number of aryl methyl sites for hydroxylation is 1. The molecule has 0 aliphatic heterocycles. The van der Waals surface area contributed by atoms with Gasteiger partial charge in [-0.25, -0.2) is 4.98 Å². The number of carbonyl (C=O) groups excluding carboxylic acids is 1. The maximum Gasteiger partial charge on any atom is 0.260 e. The number of nitrogens with zero attached hydrogens (tertiary/aromatic N) is 3. The second kappa shape index (κ2) is 12.1.